The molecular weight excluding hydrogens is 414 g/mol. The van der Waals surface area contributed by atoms with Gasteiger partial charge in [-0.3, -0.25) is 9.59 Å². The fourth-order valence-corrected chi connectivity index (χ4v) is 4.30. The molecule has 1 fully saturated rings. The molecule has 2 amide bonds. The summed E-state index contributed by atoms with van der Waals surface area (Å²) in [5, 5.41) is 0. The fraction of sp³-hybridized carbons (Fsp3) is 0.556. The highest BCUT2D eigenvalue weighted by atomic mass is 16.5. The van der Waals surface area contributed by atoms with Crippen molar-refractivity contribution in [3.05, 3.63) is 59.9 Å². The van der Waals surface area contributed by atoms with E-state index in [2.05, 4.69) is 19.1 Å². The predicted molar refractivity (Wildman–Crippen MR) is 131 cm³/mol. The Labute approximate surface area is 198 Å². The van der Waals surface area contributed by atoms with E-state index >= 15 is 0 Å². The number of unbranched alkanes of at least 4 members (excludes halogenated alkanes) is 1. The molecule has 6 nitrogen and oxygen atoms in total. The zero-order valence-electron chi connectivity index (χ0n) is 20.4. The number of nitrogens with zero attached hydrogens (tertiary/aromatic N) is 3. The Morgan fingerprint density at radius 2 is 1.79 bits per heavy atom. The van der Waals surface area contributed by atoms with Gasteiger partial charge in [0.1, 0.15) is 0 Å². The van der Waals surface area contributed by atoms with E-state index in [1.54, 1.807) is 4.90 Å². The van der Waals surface area contributed by atoms with Crippen molar-refractivity contribution in [2.45, 2.75) is 52.0 Å². The number of hydrogen-bond acceptors (Lipinski definition) is 3. The second-order valence-electron chi connectivity index (χ2n) is 8.95. The van der Waals surface area contributed by atoms with E-state index in [-0.39, 0.29) is 30.2 Å². The van der Waals surface area contributed by atoms with Crippen LogP contribution in [0.3, 0.4) is 0 Å². The summed E-state index contributed by atoms with van der Waals surface area (Å²) in [6.07, 6.45) is 5.57. The van der Waals surface area contributed by atoms with Crippen LogP contribution in [0.5, 0.6) is 0 Å². The molecule has 1 aliphatic carbocycles. The van der Waals surface area contributed by atoms with E-state index in [4.69, 9.17) is 4.74 Å². The van der Waals surface area contributed by atoms with Gasteiger partial charge in [0.25, 0.3) is 0 Å². The fourth-order valence-electron chi connectivity index (χ4n) is 4.30. The third kappa shape index (κ3) is 7.19. The van der Waals surface area contributed by atoms with Gasteiger partial charge in [-0.15, -0.1) is 0 Å². The molecule has 3 rings (SSSR count). The molecule has 1 aromatic carbocycles. The number of amides is 2. The summed E-state index contributed by atoms with van der Waals surface area (Å²) in [5.74, 6) is 0.362. The number of hydrogen-bond donors (Lipinski definition) is 0. The molecule has 1 heterocycles. The summed E-state index contributed by atoms with van der Waals surface area (Å²) in [6.45, 7) is 7.32. The Hall–Kier alpha value is -2.60. The second kappa shape index (κ2) is 12.6. The zero-order valence-corrected chi connectivity index (χ0v) is 20.4. The predicted octanol–water partition coefficient (Wildman–Crippen LogP) is 4.21. The van der Waals surface area contributed by atoms with Gasteiger partial charge in [0.15, 0.2) is 0 Å². The summed E-state index contributed by atoms with van der Waals surface area (Å²) in [6, 6.07) is 14.3. The lowest BCUT2D eigenvalue weighted by atomic mass is 10.1. The van der Waals surface area contributed by atoms with Gasteiger partial charge in [-0.2, -0.15) is 0 Å². The van der Waals surface area contributed by atoms with Crippen LogP contribution in [0.25, 0.3) is 0 Å². The number of aromatic nitrogens is 1. The molecule has 0 spiro atoms. The number of ether oxygens (including phenoxy) is 1. The van der Waals surface area contributed by atoms with Gasteiger partial charge in [0, 0.05) is 51.2 Å². The molecular formula is C27H39N3O3. The summed E-state index contributed by atoms with van der Waals surface area (Å²) < 4.78 is 7.53. The Kier molecular flexibility index (Phi) is 9.55. The third-order valence-corrected chi connectivity index (χ3v) is 6.43. The van der Waals surface area contributed by atoms with Crippen LogP contribution in [0.15, 0.2) is 48.7 Å². The molecule has 0 radical (unpaired) electrons. The quantitative estimate of drug-likeness (QED) is 0.403. The van der Waals surface area contributed by atoms with E-state index in [1.807, 2.05) is 60.0 Å². The molecule has 1 aliphatic rings. The molecule has 1 aromatic heterocycles. The molecule has 2 aromatic rings. The second-order valence-corrected chi connectivity index (χ2v) is 8.95. The maximum Gasteiger partial charge on any atom is 0.242 e. The van der Waals surface area contributed by atoms with E-state index in [0.717, 1.165) is 31.4 Å². The minimum absolute atomic E-state index is 0.0197. The average Bonchev–Trinajstić information content (AvgIpc) is 3.54. The SMILES string of the molecule is CCCCN(Cc1cccn1C)C(=O)CN(CCCOCC)C(=O)C1CC1c1ccccc1. The highest BCUT2D eigenvalue weighted by molar-refractivity contribution is 5.88. The first-order valence-corrected chi connectivity index (χ1v) is 12.3. The first-order valence-electron chi connectivity index (χ1n) is 12.3. The van der Waals surface area contributed by atoms with E-state index < -0.39 is 0 Å². The number of benzene rings is 1. The summed E-state index contributed by atoms with van der Waals surface area (Å²) in [4.78, 5) is 30.5. The van der Waals surface area contributed by atoms with Crippen LogP contribution in [0.2, 0.25) is 0 Å². The molecule has 0 N–H and O–H groups in total. The molecule has 0 saturated heterocycles. The van der Waals surface area contributed by atoms with Crippen molar-refractivity contribution < 1.29 is 14.3 Å². The topological polar surface area (TPSA) is 54.8 Å². The maximum absolute atomic E-state index is 13.4. The third-order valence-electron chi connectivity index (χ3n) is 6.43. The lowest BCUT2D eigenvalue weighted by Gasteiger charge is -2.28. The van der Waals surface area contributed by atoms with Crippen molar-refractivity contribution in [3.8, 4) is 0 Å². The number of carbonyl (C=O) groups excluding carboxylic acids is 2. The van der Waals surface area contributed by atoms with Crippen LogP contribution in [-0.2, 0) is 27.9 Å². The monoisotopic (exact) mass is 453 g/mol. The van der Waals surface area contributed by atoms with E-state index in [1.165, 1.54) is 5.56 Å². The van der Waals surface area contributed by atoms with Crippen molar-refractivity contribution in [3.63, 3.8) is 0 Å². The van der Waals surface area contributed by atoms with Crippen molar-refractivity contribution >= 4 is 11.8 Å². The maximum atomic E-state index is 13.4. The van der Waals surface area contributed by atoms with Gasteiger partial charge < -0.3 is 19.1 Å². The van der Waals surface area contributed by atoms with Crippen LogP contribution < -0.4 is 0 Å². The van der Waals surface area contributed by atoms with Gasteiger partial charge in [-0.05, 0) is 49.8 Å². The Morgan fingerprint density at radius 1 is 1.03 bits per heavy atom. The molecule has 2 atom stereocenters. The lowest BCUT2D eigenvalue weighted by molar-refractivity contribution is -0.142. The van der Waals surface area contributed by atoms with Gasteiger partial charge in [0.2, 0.25) is 11.8 Å². The van der Waals surface area contributed by atoms with Crippen LogP contribution in [0.4, 0.5) is 0 Å². The van der Waals surface area contributed by atoms with Crippen LogP contribution in [0.1, 0.15) is 56.7 Å². The molecule has 1 saturated carbocycles. The van der Waals surface area contributed by atoms with Crippen LogP contribution >= 0.6 is 0 Å². The Morgan fingerprint density at radius 3 is 2.45 bits per heavy atom. The van der Waals surface area contributed by atoms with Crippen LogP contribution in [-0.4, -0.2) is 59.0 Å². The van der Waals surface area contributed by atoms with Crippen molar-refractivity contribution in [1.82, 2.24) is 14.4 Å². The standard InChI is InChI=1S/C27H39N3O3/c1-4-6-16-29(20-23-14-10-15-28(23)3)26(31)21-30(17-11-18-33-5-2)27(32)25-19-24(25)22-12-8-7-9-13-22/h7-10,12-15,24-25H,4-6,11,16-21H2,1-3H3. The summed E-state index contributed by atoms with van der Waals surface area (Å²) in [7, 11) is 2.00. The van der Waals surface area contributed by atoms with E-state index in [9.17, 15) is 9.59 Å². The molecule has 2 unspecified atom stereocenters. The summed E-state index contributed by atoms with van der Waals surface area (Å²) in [5.41, 5.74) is 2.31. The average molecular weight is 454 g/mol. The first-order chi connectivity index (χ1) is 16.0. The Bertz CT molecular complexity index is 880. The van der Waals surface area contributed by atoms with Crippen LogP contribution in [0, 0.1) is 5.92 Å². The van der Waals surface area contributed by atoms with E-state index in [0.29, 0.717) is 32.8 Å². The highest BCUT2D eigenvalue weighted by Gasteiger charge is 2.45. The van der Waals surface area contributed by atoms with Gasteiger partial charge in [-0.25, -0.2) is 0 Å². The van der Waals surface area contributed by atoms with Crippen molar-refractivity contribution in [1.29, 1.82) is 0 Å². The minimum Gasteiger partial charge on any atom is -0.382 e. The highest BCUT2D eigenvalue weighted by Crippen LogP contribution is 2.48. The van der Waals surface area contributed by atoms with Crippen molar-refractivity contribution in [2.24, 2.45) is 13.0 Å². The number of carbonyl (C=O) groups is 2. The number of aryl methyl sites for hydroxylation is 1. The number of rotatable bonds is 14. The van der Waals surface area contributed by atoms with Crippen molar-refractivity contribution in [2.75, 3.05) is 32.8 Å². The molecule has 0 aliphatic heterocycles. The van der Waals surface area contributed by atoms with Gasteiger partial charge in [-0.1, -0.05) is 43.7 Å². The van der Waals surface area contributed by atoms with Gasteiger partial charge in [0.05, 0.1) is 13.1 Å². The van der Waals surface area contributed by atoms with Gasteiger partial charge >= 0.3 is 0 Å². The normalized spacial score (nSPS) is 17.1. The molecule has 6 heteroatoms. The Balaban J connectivity index is 1.67. The summed E-state index contributed by atoms with van der Waals surface area (Å²) >= 11 is 0. The largest absolute Gasteiger partial charge is 0.382 e. The smallest absolute Gasteiger partial charge is 0.242 e. The molecule has 180 valence electrons. The first kappa shape index (κ1) is 25.0. The lowest BCUT2D eigenvalue weighted by Crippen LogP contribution is -2.44. The molecule has 0 bridgehead atoms. The zero-order chi connectivity index (χ0) is 23.6. The minimum atomic E-state index is -0.0238. The molecule has 33 heavy (non-hydrogen) atoms.